The van der Waals surface area contributed by atoms with E-state index < -0.39 is 71.9 Å². The highest BCUT2D eigenvalue weighted by atomic mass is 16.3. The van der Waals surface area contributed by atoms with E-state index in [1.54, 1.807) is 0 Å². The standard InChI is InChI=1S/C30H34N2O7/c1-28-21(18-9-5-3-6-10-18)22(19-11-7-4-8-12-19)29(2,27(28)39)24-23(28)25(37)32(26(24)38)14-13-20(36)31-30(15-33,16-34)17-35/h3-12,23-24,27,33-35,39H,13-17H2,1-2H3,(H,31,36). The Hall–Kier alpha value is -3.37. The lowest BCUT2D eigenvalue weighted by Gasteiger charge is -2.37. The highest BCUT2D eigenvalue weighted by molar-refractivity contribution is 6.14. The van der Waals surface area contributed by atoms with Gasteiger partial charge in [-0.3, -0.25) is 19.3 Å². The van der Waals surface area contributed by atoms with Gasteiger partial charge in [0.25, 0.3) is 0 Å². The van der Waals surface area contributed by atoms with Crippen LogP contribution in [-0.4, -0.2) is 81.1 Å². The van der Waals surface area contributed by atoms with Crippen molar-refractivity contribution in [1.82, 2.24) is 10.2 Å². The lowest BCUT2D eigenvalue weighted by atomic mass is 9.63. The monoisotopic (exact) mass is 534 g/mol. The maximum absolute atomic E-state index is 13.9. The van der Waals surface area contributed by atoms with Gasteiger partial charge in [0.2, 0.25) is 17.7 Å². The van der Waals surface area contributed by atoms with Crippen LogP contribution in [0.25, 0.3) is 11.1 Å². The largest absolute Gasteiger partial charge is 0.394 e. The fraction of sp³-hybridized carbons (Fsp3) is 0.433. The van der Waals surface area contributed by atoms with Crippen LogP contribution in [0.2, 0.25) is 0 Å². The van der Waals surface area contributed by atoms with E-state index in [-0.39, 0.29) is 13.0 Å². The SMILES string of the molecule is CC12C(c3ccccc3)=C(c3ccccc3)C(C)(C3C(=O)N(CCC(=O)NC(CO)(CO)CO)C(=O)C31)C2O. The second-order valence-corrected chi connectivity index (χ2v) is 11.3. The van der Waals surface area contributed by atoms with Gasteiger partial charge in [-0.15, -0.1) is 0 Å². The predicted molar refractivity (Wildman–Crippen MR) is 142 cm³/mol. The molecule has 0 spiro atoms. The number of hydrogen-bond donors (Lipinski definition) is 5. The topological polar surface area (TPSA) is 147 Å². The number of aliphatic hydroxyl groups is 4. The first-order valence-corrected chi connectivity index (χ1v) is 13.1. The van der Waals surface area contributed by atoms with Crippen LogP contribution in [0.4, 0.5) is 0 Å². The van der Waals surface area contributed by atoms with Gasteiger partial charge in [-0.2, -0.15) is 0 Å². The molecule has 4 unspecified atom stereocenters. The van der Waals surface area contributed by atoms with E-state index in [9.17, 15) is 34.8 Å². The summed E-state index contributed by atoms with van der Waals surface area (Å²) >= 11 is 0. The van der Waals surface area contributed by atoms with Crippen LogP contribution in [-0.2, 0) is 14.4 Å². The van der Waals surface area contributed by atoms with Crippen molar-refractivity contribution in [2.45, 2.75) is 31.9 Å². The van der Waals surface area contributed by atoms with Crippen LogP contribution in [0.5, 0.6) is 0 Å². The molecule has 2 fully saturated rings. The number of aliphatic hydroxyl groups excluding tert-OH is 4. The number of carbonyl (C=O) groups excluding carboxylic acids is 3. The molecule has 9 heteroatoms. The maximum atomic E-state index is 13.9. The van der Waals surface area contributed by atoms with E-state index in [1.165, 1.54) is 0 Å². The van der Waals surface area contributed by atoms with Crippen LogP contribution in [0.15, 0.2) is 60.7 Å². The van der Waals surface area contributed by atoms with Crippen molar-refractivity contribution in [3.05, 3.63) is 71.8 Å². The number of fused-ring (bicyclic) bond motifs is 5. The molecule has 5 rings (SSSR count). The van der Waals surface area contributed by atoms with Crippen LogP contribution in [0.3, 0.4) is 0 Å². The molecule has 9 nitrogen and oxygen atoms in total. The first kappa shape index (κ1) is 27.2. The highest BCUT2D eigenvalue weighted by Crippen LogP contribution is 2.75. The first-order chi connectivity index (χ1) is 18.6. The third-order valence-electron chi connectivity index (χ3n) is 9.15. The lowest BCUT2D eigenvalue weighted by Crippen LogP contribution is -2.57. The summed E-state index contributed by atoms with van der Waals surface area (Å²) in [5, 5.41) is 42.8. The third kappa shape index (κ3) is 3.71. The molecule has 1 heterocycles. The first-order valence-electron chi connectivity index (χ1n) is 13.1. The van der Waals surface area contributed by atoms with Gasteiger partial charge in [0.05, 0.1) is 37.8 Å². The van der Waals surface area contributed by atoms with Gasteiger partial charge < -0.3 is 25.7 Å². The van der Waals surface area contributed by atoms with E-state index in [0.717, 1.165) is 27.2 Å². The second-order valence-electron chi connectivity index (χ2n) is 11.3. The van der Waals surface area contributed by atoms with Crippen molar-refractivity contribution in [3.8, 4) is 0 Å². The number of nitrogens with one attached hydrogen (secondary N) is 1. The Labute approximate surface area is 226 Å². The molecule has 0 aromatic heterocycles. The number of hydrogen-bond acceptors (Lipinski definition) is 7. The van der Waals surface area contributed by atoms with Crippen LogP contribution < -0.4 is 5.32 Å². The number of likely N-dealkylation sites (tertiary alicyclic amines) is 1. The summed E-state index contributed by atoms with van der Waals surface area (Å²) in [6, 6.07) is 19.2. The average Bonchev–Trinajstić information content (AvgIpc) is 3.40. The molecule has 3 amide bonds. The number of carbonyl (C=O) groups is 3. The molecule has 206 valence electrons. The van der Waals surface area contributed by atoms with E-state index >= 15 is 0 Å². The normalized spacial score (nSPS) is 29.8. The molecule has 2 aliphatic carbocycles. The lowest BCUT2D eigenvalue weighted by molar-refractivity contribution is -0.143. The summed E-state index contributed by atoms with van der Waals surface area (Å²) in [6.45, 7) is 1.49. The molecule has 2 aromatic rings. The average molecular weight is 535 g/mol. The summed E-state index contributed by atoms with van der Waals surface area (Å²) in [4.78, 5) is 41.5. The fourth-order valence-corrected chi connectivity index (χ4v) is 7.20. The Morgan fingerprint density at radius 1 is 0.821 bits per heavy atom. The molecule has 5 N–H and O–H groups in total. The molecule has 1 aliphatic heterocycles. The van der Waals surface area contributed by atoms with E-state index in [1.807, 2.05) is 74.5 Å². The van der Waals surface area contributed by atoms with Gasteiger partial charge in [0.1, 0.15) is 5.54 Å². The van der Waals surface area contributed by atoms with Gasteiger partial charge in [-0.25, -0.2) is 0 Å². The molecule has 4 atom stereocenters. The minimum absolute atomic E-state index is 0.196. The maximum Gasteiger partial charge on any atom is 0.234 e. The summed E-state index contributed by atoms with van der Waals surface area (Å²) < 4.78 is 0. The molecule has 3 aliphatic rings. The Kier molecular flexibility index (Phi) is 6.75. The number of benzene rings is 2. The molecule has 2 bridgehead atoms. The van der Waals surface area contributed by atoms with Crippen molar-refractivity contribution >= 4 is 28.9 Å². The molecule has 0 radical (unpaired) electrons. The third-order valence-corrected chi connectivity index (χ3v) is 9.15. The smallest absolute Gasteiger partial charge is 0.234 e. The Morgan fingerprint density at radius 2 is 1.23 bits per heavy atom. The second kappa shape index (κ2) is 9.67. The van der Waals surface area contributed by atoms with Crippen molar-refractivity contribution in [2.24, 2.45) is 22.7 Å². The minimum Gasteiger partial charge on any atom is -0.394 e. The zero-order valence-electron chi connectivity index (χ0n) is 22.0. The molecular formula is C30H34N2O7. The zero-order valence-corrected chi connectivity index (χ0v) is 22.0. The predicted octanol–water partition coefficient (Wildman–Crippen LogP) is 0.821. The quantitative estimate of drug-likeness (QED) is 0.299. The van der Waals surface area contributed by atoms with Gasteiger partial charge in [0.15, 0.2) is 0 Å². The summed E-state index contributed by atoms with van der Waals surface area (Å²) in [5.74, 6) is -3.09. The van der Waals surface area contributed by atoms with Crippen LogP contribution in [0, 0.1) is 22.7 Å². The summed E-state index contributed by atoms with van der Waals surface area (Å²) in [6.07, 6.45) is -1.25. The Balaban J connectivity index is 1.52. The minimum atomic E-state index is -1.60. The van der Waals surface area contributed by atoms with Crippen molar-refractivity contribution in [2.75, 3.05) is 26.4 Å². The van der Waals surface area contributed by atoms with E-state index in [0.29, 0.717) is 0 Å². The van der Waals surface area contributed by atoms with Crippen molar-refractivity contribution < 1.29 is 34.8 Å². The molecule has 1 saturated heterocycles. The van der Waals surface area contributed by atoms with Gasteiger partial charge in [-0.1, -0.05) is 74.5 Å². The zero-order chi connectivity index (χ0) is 28.2. The molecule has 1 saturated carbocycles. The summed E-state index contributed by atoms with van der Waals surface area (Å²) in [7, 11) is 0. The van der Waals surface area contributed by atoms with Gasteiger partial charge >= 0.3 is 0 Å². The van der Waals surface area contributed by atoms with Crippen molar-refractivity contribution in [1.29, 1.82) is 0 Å². The highest BCUT2D eigenvalue weighted by Gasteiger charge is 2.78. The fourth-order valence-electron chi connectivity index (χ4n) is 7.20. The van der Waals surface area contributed by atoms with E-state index in [2.05, 4.69) is 5.32 Å². The molecule has 39 heavy (non-hydrogen) atoms. The van der Waals surface area contributed by atoms with Gasteiger partial charge in [0, 0.05) is 23.8 Å². The number of rotatable bonds is 9. The molecule has 2 aromatic carbocycles. The number of imide groups is 1. The number of nitrogens with zero attached hydrogens (tertiary/aromatic N) is 1. The van der Waals surface area contributed by atoms with Crippen molar-refractivity contribution in [3.63, 3.8) is 0 Å². The molecular weight excluding hydrogens is 500 g/mol. The van der Waals surface area contributed by atoms with Crippen LogP contribution >= 0.6 is 0 Å². The van der Waals surface area contributed by atoms with Gasteiger partial charge in [-0.05, 0) is 22.3 Å². The summed E-state index contributed by atoms with van der Waals surface area (Å²) in [5.41, 5.74) is -0.228. The Morgan fingerprint density at radius 3 is 1.62 bits per heavy atom. The number of amides is 3. The van der Waals surface area contributed by atoms with E-state index in [4.69, 9.17) is 0 Å². The Bertz CT molecular complexity index is 1230. The van der Waals surface area contributed by atoms with Crippen LogP contribution in [0.1, 0.15) is 31.4 Å².